The van der Waals surface area contributed by atoms with Crippen LogP contribution in [0.25, 0.3) is 0 Å². The van der Waals surface area contributed by atoms with Crippen LogP contribution < -0.4 is 24.3 Å². The number of fused-ring (bicyclic) bond motifs is 1. The third-order valence-corrected chi connectivity index (χ3v) is 6.73. The van der Waals surface area contributed by atoms with E-state index in [9.17, 15) is 14.4 Å². The number of anilines is 1. The molecule has 10 heteroatoms. The first kappa shape index (κ1) is 30.3. The highest BCUT2D eigenvalue weighted by Gasteiger charge is 2.33. The standard InChI is InChI=1S/C30H37NO9/c1-18(10-14-26(33)34)9-12-21-28(38-5)19(2)22-17-40-30(35)27(22)29(21)39-15-7-6-8-25(32)31-20-11-13-23(36-3)24(16-20)37-4/h9,11,13,16H,6-8,10,12,14-15,17H2,1-5H3,(H,31,32)(H,33,34). The molecule has 0 spiro atoms. The molecule has 40 heavy (non-hydrogen) atoms. The van der Waals surface area contributed by atoms with Gasteiger partial charge in [0.2, 0.25) is 5.91 Å². The Bertz CT molecular complexity index is 1280. The Labute approximate surface area is 234 Å². The molecule has 10 nitrogen and oxygen atoms in total. The van der Waals surface area contributed by atoms with E-state index in [-0.39, 0.29) is 32.0 Å². The summed E-state index contributed by atoms with van der Waals surface area (Å²) in [6.07, 6.45) is 4.22. The Kier molecular flexibility index (Phi) is 10.8. The number of carboxylic acids is 1. The van der Waals surface area contributed by atoms with Gasteiger partial charge < -0.3 is 34.1 Å². The molecule has 0 bridgehead atoms. The lowest BCUT2D eigenvalue weighted by Crippen LogP contribution is -2.12. The summed E-state index contributed by atoms with van der Waals surface area (Å²) in [5.41, 5.74) is 4.18. The molecular weight excluding hydrogens is 518 g/mol. The largest absolute Gasteiger partial charge is 0.496 e. The molecule has 3 rings (SSSR count). The number of amides is 1. The Morgan fingerprint density at radius 3 is 2.45 bits per heavy atom. The van der Waals surface area contributed by atoms with E-state index >= 15 is 0 Å². The first-order valence-corrected chi connectivity index (χ1v) is 13.1. The smallest absolute Gasteiger partial charge is 0.342 e. The van der Waals surface area contributed by atoms with Gasteiger partial charge in [-0.25, -0.2) is 4.79 Å². The first-order valence-electron chi connectivity index (χ1n) is 13.1. The van der Waals surface area contributed by atoms with E-state index in [1.165, 1.54) is 7.11 Å². The highest BCUT2D eigenvalue weighted by atomic mass is 16.5. The van der Waals surface area contributed by atoms with Gasteiger partial charge in [-0.15, -0.1) is 0 Å². The molecule has 216 valence electrons. The van der Waals surface area contributed by atoms with Crippen LogP contribution in [-0.4, -0.2) is 50.9 Å². The number of esters is 1. The molecule has 1 amide bonds. The Morgan fingerprint density at radius 1 is 1.02 bits per heavy atom. The zero-order chi connectivity index (χ0) is 29.2. The molecule has 1 heterocycles. The van der Waals surface area contributed by atoms with Crippen molar-refractivity contribution in [2.24, 2.45) is 0 Å². The lowest BCUT2D eigenvalue weighted by Gasteiger charge is -2.19. The minimum atomic E-state index is -0.858. The van der Waals surface area contributed by atoms with E-state index in [1.807, 2.05) is 19.9 Å². The average molecular weight is 556 g/mol. The normalized spacial score (nSPS) is 12.4. The van der Waals surface area contributed by atoms with Crippen molar-refractivity contribution in [2.45, 2.75) is 59.0 Å². The van der Waals surface area contributed by atoms with Crippen molar-refractivity contribution in [3.8, 4) is 23.0 Å². The van der Waals surface area contributed by atoms with Gasteiger partial charge in [-0.05, 0) is 57.2 Å². The Balaban J connectivity index is 1.67. The van der Waals surface area contributed by atoms with Crippen LogP contribution in [0.5, 0.6) is 23.0 Å². The molecule has 0 radical (unpaired) electrons. The lowest BCUT2D eigenvalue weighted by molar-refractivity contribution is -0.137. The third-order valence-electron chi connectivity index (χ3n) is 6.73. The van der Waals surface area contributed by atoms with Crippen LogP contribution in [0.3, 0.4) is 0 Å². The van der Waals surface area contributed by atoms with Crippen LogP contribution in [0, 0.1) is 6.92 Å². The zero-order valence-electron chi connectivity index (χ0n) is 23.7. The van der Waals surface area contributed by atoms with E-state index in [4.69, 9.17) is 28.8 Å². The van der Waals surface area contributed by atoms with Crippen LogP contribution >= 0.6 is 0 Å². The minimum Gasteiger partial charge on any atom is -0.496 e. The van der Waals surface area contributed by atoms with Gasteiger partial charge in [-0.1, -0.05) is 11.6 Å². The molecule has 0 atom stereocenters. The van der Waals surface area contributed by atoms with E-state index in [0.717, 1.165) is 16.7 Å². The lowest BCUT2D eigenvalue weighted by atomic mass is 9.94. The number of methoxy groups -OCH3 is 3. The molecular formula is C30H37NO9. The van der Waals surface area contributed by atoms with Crippen molar-refractivity contribution in [1.29, 1.82) is 0 Å². The van der Waals surface area contributed by atoms with E-state index < -0.39 is 11.9 Å². The van der Waals surface area contributed by atoms with Crippen LogP contribution in [0.15, 0.2) is 29.8 Å². The van der Waals surface area contributed by atoms with Gasteiger partial charge in [0.1, 0.15) is 23.7 Å². The molecule has 0 fully saturated rings. The van der Waals surface area contributed by atoms with Gasteiger partial charge >= 0.3 is 11.9 Å². The predicted molar refractivity (Wildman–Crippen MR) is 149 cm³/mol. The van der Waals surface area contributed by atoms with Crippen LogP contribution in [0.2, 0.25) is 0 Å². The van der Waals surface area contributed by atoms with Crippen molar-refractivity contribution >= 4 is 23.5 Å². The van der Waals surface area contributed by atoms with Gasteiger partial charge in [0.25, 0.3) is 0 Å². The molecule has 0 saturated carbocycles. The number of nitrogens with one attached hydrogen (secondary N) is 1. The number of benzene rings is 2. The molecule has 0 saturated heterocycles. The molecule has 1 aliphatic rings. The number of carboxylic acid groups (broad SMARTS) is 1. The fourth-order valence-electron chi connectivity index (χ4n) is 4.55. The molecule has 1 aliphatic heterocycles. The highest BCUT2D eigenvalue weighted by molar-refractivity contribution is 5.98. The number of carbonyl (C=O) groups is 3. The second-order valence-electron chi connectivity index (χ2n) is 9.47. The highest BCUT2D eigenvalue weighted by Crippen LogP contribution is 2.43. The van der Waals surface area contributed by atoms with Gasteiger partial charge in [0.15, 0.2) is 11.5 Å². The van der Waals surface area contributed by atoms with Gasteiger partial charge in [0.05, 0.1) is 27.9 Å². The number of carbonyl (C=O) groups excluding carboxylic acids is 2. The Hall–Kier alpha value is -4.21. The van der Waals surface area contributed by atoms with E-state index in [1.54, 1.807) is 32.4 Å². The van der Waals surface area contributed by atoms with Crippen molar-refractivity contribution in [3.63, 3.8) is 0 Å². The van der Waals surface area contributed by atoms with Crippen LogP contribution in [0.4, 0.5) is 5.69 Å². The Morgan fingerprint density at radius 2 is 1.77 bits per heavy atom. The second kappa shape index (κ2) is 14.3. The van der Waals surface area contributed by atoms with Crippen LogP contribution in [0.1, 0.15) is 66.1 Å². The van der Waals surface area contributed by atoms with Crippen molar-refractivity contribution in [3.05, 3.63) is 52.1 Å². The van der Waals surface area contributed by atoms with Crippen molar-refractivity contribution < 1.29 is 43.2 Å². The first-order chi connectivity index (χ1) is 19.2. The molecule has 2 N–H and O–H groups in total. The SMILES string of the molecule is COc1ccc(NC(=O)CCCCOc2c(CC=C(C)CCC(=O)O)c(OC)c(C)c3c2C(=O)OC3)cc1OC. The third kappa shape index (κ3) is 7.46. The molecule has 0 aromatic heterocycles. The summed E-state index contributed by atoms with van der Waals surface area (Å²) < 4.78 is 27.7. The molecule has 0 aliphatic carbocycles. The van der Waals surface area contributed by atoms with Crippen molar-refractivity contribution in [1.82, 2.24) is 0 Å². The molecule has 0 unspecified atom stereocenters. The minimum absolute atomic E-state index is 0.0396. The predicted octanol–water partition coefficient (Wildman–Crippen LogP) is 5.23. The number of cyclic esters (lactones) is 1. The maximum atomic E-state index is 12.7. The number of ether oxygens (including phenoxy) is 5. The number of unbranched alkanes of at least 4 members (excludes halogenated alkanes) is 1. The number of hydrogen-bond donors (Lipinski definition) is 2. The van der Waals surface area contributed by atoms with Crippen LogP contribution in [-0.2, 0) is 27.4 Å². The number of allylic oxidation sites excluding steroid dienone is 2. The zero-order valence-corrected chi connectivity index (χ0v) is 23.7. The van der Waals surface area contributed by atoms with Gasteiger partial charge in [-0.3, -0.25) is 9.59 Å². The topological polar surface area (TPSA) is 130 Å². The fourth-order valence-corrected chi connectivity index (χ4v) is 4.55. The maximum absolute atomic E-state index is 12.7. The number of aliphatic carboxylic acids is 1. The maximum Gasteiger partial charge on any atom is 0.342 e. The average Bonchev–Trinajstić information content (AvgIpc) is 3.33. The molecule has 2 aromatic carbocycles. The number of hydrogen-bond acceptors (Lipinski definition) is 8. The van der Waals surface area contributed by atoms with Gasteiger partial charge in [0, 0.05) is 35.7 Å². The fraction of sp³-hybridized carbons (Fsp3) is 0.433. The summed E-state index contributed by atoms with van der Waals surface area (Å²) in [5.74, 6) is 0.680. The monoisotopic (exact) mass is 555 g/mol. The summed E-state index contributed by atoms with van der Waals surface area (Å²) in [5, 5.41) is 11.8. The summed E-state index contributed by atoms with van der Waals surface area (Å²) in [6.45, 7) is 4.18. The van der Waals surface area contributed by atoms with Crippen molar-refractivity contribution in [2.75, 3.05) is 33.3 Å². The quantitative estimate of drug-likeness (QED) is 0.172. The summed E-state index contributed by atoms with van der Waals surface area (Å²) in [7, 11) is 4.65. The summed E-state index contributed by atoms with van der Waals surface area (Å²) >= 11 is 0. The molecule has 2 aromatic rings. The summed E-state index contributed by atoms with van der Waals surface area (Å²) in [4.78, 5) is 36.1. The van der Waals surface area contributed by atoms with E-state index in [2.05, 4.69) is 5.32 Å². The van der Waals surface area contributed by atoms with Gasteiger partial charge in [-0.2, -0.15) is 0 Å². The summed E-state index contributed by atoms with van der Waals surface area (Å²) in [6, 6.07) is 5.16. The second-order valence-corrected chi connectivity index (χ2v) is 9.47. The number of rotatable bonds is 15. The van der Waals surface area contributed by atoms with E-state index in [0.29, 0.717) is 65.5 Å².